The van der Waals surface area contributed by atoms with E-state index >= 15 is 0 Å². The second kappa shape index (κ2) is 6.33. The Morgan fingerprint density at radius 2 is 1.84 bits per heavy atom. The molecule has 0 heterocycles. The lowest BCUT2D eigenvalue weighted by atomic mass is 10.0. The minimum atomic E-state index is -0.838. The quantitative estimate of drug-likeness (QED) is 0.540. The molecule has 0 aliphatic rings. The van der Waals surface area contributed by atoms with Gasteiger partial charge in [0.15, 0.2) is 11.6 Å². The summed E-state index contributed by atoms with van der Waals surface area (Å²) >= 11 is 13.1. The summed E-state index contributed by atoms with van der Waals surface area (Å²) in [5.41, 5.74) is 1.61. The molecular formula is C14H9Br2ClF2. The van der Waals surface area contributed by atoms with E-state index in [-0.39, 0.29) is 4.83 Å². The van der Waals surface area contributed by atoms with E-state index in [4.69, 9.17) is 11.6 Å². The first kappa shape index (κ1) is 14.9. The molecule has 0 nitrogen and oxygen atoms in total. The van der Waals surface area contributed by atoms with Crippen LogP contribution in [0.25, 0.3) is 0 Å². The van der Waals surface area contributed by atoms with Crippen LogP contribution in [-0.4, -0.2) is 0 Å². The smallest absolute Gasteiger partial charge is 0.159 e. The summed E-state index contributed by atoms with van der Waals surface area (Å²) in [6.07, 6.45) is 0.521. The van der Waals surface area contributed by atoms with Crippen molar-refractivity contribution in [3.05, 3.63) is 68.7 Å². The van der Waals surface area contributed by atoms with E-state index in [0.29, 0.717) is 17.0 Å². The van der Waals surface area contributed by atoms with Gasteiger partial charge >= 0.3 is 0 Å². The van der Waals surface area contributed by atoms with Crippen molar-refractivity contribution in [2.45, 2.75) is 11.2 Å². The van der Waals surface area contributed by atoms with Crippen molar-refractivity contribution in [3.63, 3.8) is 0 Å². The van der Waals surface area contributed by atoms with Crippen LogP contribution in [0.15, 0.2) is 40.9 Å². The first-order chi connectivity index (χ1) is 8.99. The van der Waals surface area contributed by atoms with Gasteiger partial charge in [-0.15, -0.1) is 0 Å². The first-order valence-corrected chi connectivity index (χ1v) is 7.59. The van der Waals surface area contributed by atoms with E-state index in [1.54, 1.807) is 6.07 Å². The van der Waals surface area contributed by atoms with Gasteiger partial charge in [-0.1, -0.05) is 45.7 Å². The van der Waals surface area contributed by atoms with Crippen molar-refractivity contribution in [3.8, 4) is 0 Å². The highest BCUT2D eigenvalue weighted by atomic mass is 79.9. The minimum Gasteiger partial charge on any atom is -0.204 e. The maximum Gasteiger partial charge on any atom is 0.159 e. The van der Waals surface area contributed by atoms with E-state index in [9.17, 15) is 8.78 Å². The molecule has 19 heavy (non-hydrogen) atoms. The Morgan fingerprint density at radius 1 is 1.11 bits per heavy atom. The van der Waals surface area contributed by atoms with Gasteiger partial charge in [0.05, 0.1) is 5.02 Å². The van der Waals surface area contributed by atoms with Gasteiger partial charge in [-0.05, 0) is 51.7 Å². The molecule has 0 radical (unpaired) electrons. The molecule has 0 saturated carbocycles. The zero-order chi connectivity index (χ0) is 14.0. The maximum absolute atomic E-state index is 13.2. The fourth-order valence-electron chi connectivity index (χ4n) is 1.75. The third kappa shape index (κ3) is 3.56. The Labute approximate surface area is 132 Å². The third-order valence-electron chi connectivity index (χ3n) is 2.72. The number of hydrogen-bond donors (Lipinski definition) is 0. The van der Waals surface area contributed by atoms with Gasteiger partial charge < -0.3 is 0 Å². The molecule has 2 aromatic rings. The molecule has 100 valence electrons. The van der Waals surface area contributed by atoms with E-state index in [2.05, 4.69) is 31.9 Å². The van der Waals surface area contributed by atoms with Crippen LogP contribution in [0.2, 0.25) is 5.02 Å². The van der Waals surface area contributed by atoms with Gasteiger partial charge in [0, 0.05) is 9.30 Å². The SMILES string of the molecule is Fc1ccc(CC(Br)c2cccc(Br)c2Cl)cc1F. The molecule has 0 spiro atoms. The highest BCUT2D eigenvalue weighted by Gasteiger charge is 2.14. The molecule has 1 atom stereocenters. The highest BCUT2D eigenvalue weighted by molar-refractivity contribution is 9.10. The Kier molecular flexibility index (Phi) is 4.98. The van der Waals surface area contributed by atoms with Crippen molar-refractivity contribution >= 4 is 43.5 Å². The molecule has 2 aromatic carbocycles. The molecule has 2 rings (SSSR count). The summed E-state index contributed by atoms with van der Waals surface area (Å²) in [5.74, 6) is -1.67. The standard InChI is InChI=1S/C14H9Br2ClF2/c15-10-3-1-2-9(14(10)17)11(16)6-8-4-5-12(18)13(19)7-8/h1-5,7,11H,6H2. The van der Waals surface area contributed by atoms with Crippen molar-refractivity contribution in [2.24, 2.45) is 0 Å². The molecular weight excluding hydrogens is 401 g/mol. The first-order valence-electron chi connectivity index (χ1n) is 5.51. The average Bonchev–Trinajstić information content (AvgIpc) is 2.37. The maximum atomic E-state index is 13.2. The third-order valence-corrected chi connectivity index (χ3v) is 4.85. The van der Waals surface area contributed by atoms with Crippen molar-refractivity contribution in [1.82, 2.24) is 0 Å². The van der Waals surface area contributed by atoms with Gasteiger partial charge in [0.2, 0.25) is 0 Å². The molecule has 5 heteroatoms. The van der Waals surface area contributed by atoms with Crippen LogP contribution < -0.4 is 0 Å². The van der Waals surface area contributed by atoms with E-state index < -0.39 is 11.6 Å². The van der Waals surface area contributed by atoms with E-state index in [1.807, 2.05) is 18.2 Å². The minimum absolute atomic E-state index is 0.0673. The molecule has 0 aromatic heterocycles. The van der Waals surface area contributed by atoms with Crippen LogP contribution in [0, 0.1) is 11.6 Å². The lowest BCUT2D eigenvalue weighted by Gasteiger charge is -2.13. The number of rotatable bonds is 3. The highest BCUT2D eigenvalue weighted by Crippen LogP contribution is 2.36. The summed E-state index contributed by atoms with van der Waals surface area (Å²) in [5, 5.41) is 0.618. The zero-order valence-corrected chi connectivity index (χ0v) is 13.6. The normalized spacial score (nSPS) is 12.5. The Hall–Kier alpha value is -0.450. The van der Waals surface area contributed by atoms with Crippen LogP contribution >= 0.6 is 43.5 Å². The number of benzene rings is 2. The van der Waals surface area contributed by atoms with E-state index in [0.717, 1.165) is 16.1 Å². The van der Waals surface area contributed by atoms with Crippen LogP contribution in [0.4, 0.5) is 8.78 Å². The summed E-state index contributed by atoms with van der Waals surface area (Å²) < 4.78 is 26.8. The fraction of sp³-hybridized carbons (Fsp3) is 0.143. The van der Waals surface area contributed by atoms with Gasteiger partial charge in [-0.3, -0.25) is 0 Å². The predicted octanol–water partition coefficient (Wildman–Crippen LogP) is 6.06. The van der Waals surface area contributed by atoms with Crippen molar-refractivity contribution < 1.29 is 8.78 Å². The summed E-state index contributed by atoms with van der Waals surface area (Å²) in [7, 11) is 0. The van der Waals surface area contributed by atoms with Crippen LogP contribution in [0.5, 0.6) is 0 Å². The van der Waals surface area contributed by atoms with Crippen molar-refractivity contribution in [2.75, 3.05) is 0 Å². The Bertz CT molecular complexity index is 602. The topological polar surface area (TPSA) is 0 Å². The summed E-state index contributed by atoms with van der Waals surface area (Å²) in [6.45, 7) is 0. The summed E-state index contributed by atoms with van der Waals surface area (Å²) in [6, 6.07) is 9.53. The number of hydrogen-bond acceptors (Lipinski definition) is 0. The van der Waals surface area contributed by atoms with Crippen LogP contribution in [0.1, 0.15) is 16.0 Å². The second-order valence-electron chi connectivity index (χ2n) is 4.06. The zero-order valence-electron chi connectivity index (χ0n) is 9.64. The molecule has 0 aliphatic carbocycles. The molecule has 0 bridgehead atoms. The molecule has 1 unspecified atom stereocenters. The monoisotopic (exact) mass is 408 g/mol. The van der Waals surface area contributed by atoms with Gasteiger partial charge in [0.1, 0.15) is 0 Å². The molecule has 0 N–H and O–H groups in total. The number of halogens is 5. The van der Waals surface area contributed by atoms with Crippen molar-refractivity contribution in [1.29, 1.82) is 0 Å². The fourth-order valence-corrected chi connectivity index (χ4v) is 3.27. The lowest BCUT2D eigenvalue weighted by molar-refractivity contribution is 0.507. The van der Waals surface area contributed by atoms with Gasteiger partial charge in [-0.2, -0.15) is 0 Å². The Balaban J connectivity index is 2.23. The summed E-state index contributed by atoms with van der Waals surface area (Å²) in [4.78, 5) is -0.0673. The molecule has 0 aliphatic heterocycles. The molecule has 0 fully saturated rings. The predicted molar refractivity (Wildman–Crippen MR) is 80.9 cm³/mol. The van der Waals surface area contributed by atoms with E-state index in [1.165, 1.54) is 6.07 Å². The van der Waals surface area contributed by atoms with Gasteiger partial charge in [-0.25, -0.2) is 8.78 Å². The molecule has 0 saturated heterocycles. The van der Waals surface area contributed by atoms with Gasteiger partial charge in [0.25, 0.3) is 0 Å². The van der Waals surface area contributed by atoms with Crippen LogP contribution in [0.3, 0.4) is 0 Å². The van der Waals surface area contributed by atoms with Crippen LogP contribution in [-0.2, 0) is 6.42 Å². The Morgan fingerprint density at radius 3 is 2.53 bits per heavy atom. The average molecular weight is 410 g/mol. The largest absolute Gasteiger partial charge is 0.204 e. The second-order valence-corrected chi connectivity index (χ2v) is 6.40. The molecule has 0 amide bonds. The number of alkyl halides is 1. The lowest BCUT2D eigenvalue weighted by Crippen LogP contribution is -1.98.